The van der Waals surface area contributed by atoms with Crippen LogP contribution in [0.4, 0.5) is 0 Å². The summed E-state index contributed by atoms with van der Waals surface area (Å²) in [4.78, 5) is 11.3. The highest BCUT2D eigenvalue weighted by molar-refractivity contribution is 5.74. The molecule has 4 N–H and O–H groups in total. The van der Waals surface area contributed by atoms with E-state index >= 15 is 0 Å². The first kappa shape index (κ1) is 11.4. The van der Waals surface area contributed by atoms with Crippen LogP contribution in [0.3, 0.4) is 0 Å². The van der Waals surface area contributed by atoms with E-state index in [0.29, 0.717) is 38.5 Å². The number of hydrogen-bond acceptors (Lipinski definition) is 4. The van der Waals surface area contributed by atoms with Crippen LogP contribution in [0.15, 0.2) is 0 Å². The number of hydrogen-bond donors (Lipinski definition) is 4. The lowest BCUT2D eigenvalue weighted by atomic mass is 9.47. The van der Waals surface area contributed by atoms with Crippen molar-refractivity contribution in [3.8, 4) is 0 Å². The lowest BCUT2D eigenvalue weighted by Gasteiger charge is -2.65. The van der Waals surface area contributed by atoms with E-state index in [4.69, 9.17) is 0 Å². The van der Waals surface area contributed by atoms with E-state index in [0.717, 1.165) is 0 Å². The summed E-state index contributed by atoms with van der Waals surface area (Å²) in [7, 11) is 0. The first-order valence-electron chi connectivity index (χ1n) is 6.12. The molecule has 0 atom stereocenters. The van der Waals surface area contributed by atoms with Gasteiger partial charge in [-0.2, -0.15) is 0 Å². The van der Waals surface area contributed by atoms with Gasteiger partial charge in [0, 0.05) is 31.7 Å². The predicted octanol–water partition coefficient (Wildman–Crippen LogP) is -0.564. The van der Waals surface area contributed by atoms with Gasteiger partial charge in [-0.3, -0.25) is 4.79 Å². The second-order valence-electron chi connectivity index (χ2n) is 6.70. The molecule has 1 amide bonds. The molecule has 0 unspecified atom stereocenters. The van der Waals surface area contributed by atoms with E-state index in [1.807, 2.05) is 0 Å². The zero-order chi connectivity index (χ0) is 12.5. The molecule has 0 heterocycles. The Morgan fingerprint density at radius 1 is 0.882 bits per heavy atom. The number of carbonyl (C=O) groups excluding carboxylic acids is 1. The molecule has 4 bridgehead atoms. The molecule has 0 spiro atoms. The van der Waals surface area contributed by atoms with E-state index < -0.39 is 22.3 Å². The Morgan fingerprint density at radius 3 is 1.53 bits per heavy atom. The zero-order valence-electron chi connectivity index (χ0n) is 9.99. The molecule has 5 heteroatoms. The SMILES string of the molecule is CC(=O)NC12CC3(O)CC(O)(CC(O)(C3)C1)C2. The van der Waals surface area contributed by atoms with Crippen molar-refractivity contribution in [2.24, 2.45) is 0 Å². The smallest absolute Gasteiger partial charge is 0.217 e. The van der Waals surface area contributed by atoms with Crippen molar-refractivity contribution < 1.29 is 20.1 Å². The van der Waals surface area contributed by atoms with Gasteiger partial charge in [0.25, 0.3) is 0 Å². The molecule has 17 heavy (non-hydrogen) atoms. The standard InChI is InChI=1S/C12H19NO4/c1-8(14)13-9-2-10(15)5-11(16,3-9)7-12(17,4-9)6-10/h15-17H,2-7H2,1H3,(H,13,14). The Labute approximate surface area is 99.8 Å². The van der Waals surface area contributed by atoms with Crippen molar-refractivity contribution in [1.82, 2.24) is 5.32 Å². The van der Waals surface area contributed by atoms with Crippen LogP contribution in [0, 0.1) is 0 Å². The zero-order valence-corrected chi connectivity index (χ0v) is 9.99. The third kappa shape index (κ3) is 1.68. The van der Waals surface area contributed by atoms with Crippen molar-refractivity contribution in [3.63, 3.8) is 0 Å². The molecule has 4 fully saturated rings. The molecule has 0 saturated heterocycles. The summed E-state index contributed by atoms with van der Waals surface area (Å²) in [5.41, 5.74) is -3.76. The van der Waals surface area contributed by atoms with Gasteiger partial charge < -0.3 is 20.6 Å². The number of carbonyl (C=O) groups is 1. The summed E-state index contributed by atoms with van der Waals surface area (Å²) >= 11 is 0. The summed E-state index contributed by atoms with van der Waals surface area (Å²) in [6.45, 7) is 1.43. The van der Waals surface area contributed by atoms with Crippen LogP contribution in [-0.4, -0.2) is 43.6 Å². The minimum atomic E-state index is -1.04. The van der Waals surface area contributed by atoms with Crippen LogP contribution < -0.4 is 5.32 Å². The van der Waals surface area contributed by atoms with Crippen LogP contribution >= 0.6 is 0 Å². The summed E-state index contributed by atoms with van der Waals surface area (Å²) in [5, 5.41) is 34.2. The first-order chi connectivity index (χ1) is 7.66. The topological polar surface area (TPSA) is 89.8 Å². The van der Waals surface area contributed by atoms with E-state index in [9.17, 15) is 20.1 Å². The van der Waals surface area contributed by atoms with Gasteiger partial charge in [-0.1, -0.05) is 0 Å². The molecular weight excluding hydrogens is 222 g/mol. The van der Waals surface area contributed by atoms with E-state index in [2.05, 4.69) is 5.32 Å². The van der Waals surface area contributed by atoms with Crippen LogP contribution in [0.2, 0.25) is 0 Å². The molecule has 0 aliphatic heterocycles. The molecule has 0 aromatic carbocycles. The molecule has 0 aromatic heterocycles. The highest BCUT2D eigenvalue weighted by Gasteiger charge is 2.68. The Morgan fingerprint density at radius 2 is 1.24 bits per heavy atom. The number of amides is 1. The Kier molecular flexibility index (Phi) is 1.91. The van der Waals surface area contributed by atoms with Crippen LogP contribution in [0.1, 0.15) is 45.4 Å². The van der Waals surface area contributed by atoms with Crippen LogP contribution in [0.5, 0.6) is 0 Å². The van der Waals surface area contributed by atoms with Crippen LogP contribution in [0.25, 0.3) is 0 Å². The predicted molar refractivity (Wildman–Crippen MR) is 59.1 cm³/mol. The highest BCUT2D eigenvalue weighted by atomic mass is 16.3. The maximum absolute atomic E-state index is 11.3. The fourth-order valence-corrected chi connectivity index (χ4v) is 4.98. The lowest BCUT2D eigenvalue weighted by Crippen LogP contribution is -2.75. The molecule has 4 aliphatic carbocycles. The van der Waals surface area contributed by atoms with Gasteiger partial charge in [-0.05, 0) is 19.3 Å². The average molecular weight is 241 g/mol. The van der Waals surface area contributed by atoms with Gasteiger partial charge >= 0.3 is 0 Å². The lowest BCUT2D eigenvalue weighted by molar-refractivity contribution is -0.263. The van der Waals surface area contributed by atoms with Gasteiger partial charge in [0.2, 0.25) is 5.91 Å². The summed E-state index contributed by atoms with van der Waals surface area (Å²) in [5.74, 6) is -0.178. The quantitative estimate of drug-likeness (QED) is 0.495. The second-order valence-corrected chi connectivity index (χ2v) is 6.70. The van der Waals surface area contributed by atoms with Crippen molar-refractivity contribution >= 4 is 5.91 Å². The van der Waals surface area contributed by atoms with Crippen LogP contribution in [-0.2, 0) is 4.79 Å². The molecule has 4 rings (SSSR count). The monoisotopic (exact) mass is 241 g/mol. The molecule has 0 aromatic rings. The number of rotatable bonds is 1. The van der Waals surface area contributed by atoms with Gasteiger partial charge in [-0.25, -0.2) is 0 Å². The Balaban J connectivity index is 2.01. The Hall–Kier alpha value is -0.650. The second kappa shape index (κ2) is 2.84. The van der Waals surface area contributed by atoms with Gasteiger partial charge in [0.15, 0.2) is 0 Å². The van der Waals surface area contributed by atoms with Gasteiger partial charge in [-0.15, -0.1) is 0 Å². The van der Waals surface area contributed by atoms with Gasteiger partial charge in [0.1, 0.15) is 0 Å². The maximum atomic E-state index is 11.3. The first-order valence-corrected chi connectivity index (χ1v) is 6.12. The summed E-state index contributed by atoms with van der Waals surface area (Å²) in [6.07, 6.45) is 2.23. The minimum Gasteiger partial charge on any atom is -0.390 e. The maximum Gasteiger partial charge on any atom is 0.217 e. The molecule has 4 saturated carbocycles. The van der Waals surface area contributed by atoms with Crippen molar-refractivity contribution in [1.29, 1.82) is 0 Å². The normalized spacial score (nSPS) is 56.0. The minimum absolute atomic E-state index is 0.178. The molecule has 0 radical (unpaired) electrons. The molecule has 96 valence electrons. The van der Waals surface area contributed by atoms with E-state index in [1.165, 1.54) is 6.92 Å². The van der Waals surface area contributed by atoms with Crippen molar-refractivity contribution in [2.45, 2.75) is 67.8 Å². The third-order valence-corrected chi connectivity index (χ3v) is 4.42. The largest absolute Gasteiger partial charge is 0.390 e. The number of nitrogens with one attached hydrogen (secondary N) is 1. The molecule has 4 aliphatic rings. The summed E-state index contributed by atoms with van der Waals surface area (Å²) in [6, 6.07) is 0. The van der Waals surface area contributed by atoms with Crippen molar-refractivity contribution in [3.05, 3.63) is 0 Å². The number of aliphatic hydroxyl groups is 3. The fourth-order valence-electron chi connectivity index (χ4n) is 4.98. The van der Waals surface area contributed by atoms with E-state index in [-0.39, 0.29) is 5.91 Å². The highest BCUT2D eigenvalue weighted by Crippen LogP contribution is 2.60. The fraction of sp³-hybridized carbons (Fsp3) is 0.917. The summed E-state index contributed by atoms with van der Waals surface area (Å²) < 4.78 is 0. The molecular formula is C12H19NO4. The van der Waals surface area contributed by atoms with Crippen molar-refractivity contribution in [2.75, 3.05) is 0 Å². The Bertz CT molecular complexity index is 340. The molecule has 5 nitrogen and oxygen atoms in total. The van der Waals surface area contributed by atoms with E-state index in [1.54, 1.807) is 0 Å². The van der Waals surface area contributed by atoms with Gasteiger partial charge in [0.05, 0.1) is 16.8 Å². The third-order valence-electron chi connectivity index (χ3n) is 4.42. The average Bonchev–Trinajstić information content (AvgIpc) is 1.87.